The summed E-state index contributed by atoms with van der Waals surface area (Å²) in [5.41, 5.74) is 4.14. The summed E-state index contributed by atoms with van der Waals surface area (Å²) in [6.07, 6.45) is 8.48. The van der Waals surface area contributed by atoms with Crippen LogP contribution in [0.4, 0.5) is 0 Å². The van der Waals surface area contributed by atoms with Crippen LogP contribution < -0.4 is 4.74 Å². The molecule has 4 aromatic heterocycles. The van der Waals surface area contributed by atoms with E-state index in [0.29, 0.717) is 11.8 Å². The summed E-state index contributed by atoms with van der Waals surface area (Å²) < 4.78 is 7.26. The van der Waals surface area contributed by atoms with Crippen molar-refractivity contribution in [3.63, 3.8) is 0 Å². The van der Waals surface area contributed by atoms with Crippen molar-refractivity contribution in [1.29, 1.82) is 0 Å². The number of aromatic nitrogens is 5. The number of hydrogen-bond donors (Lipinski definition) is 0. The largest absolute Gasteiger partial charge is 0.481 e. The van der Waals surface area contributed by atoms with Crippen LogP contribution in [0.5, 0.6) is 5.88 Å². The monoisotopic (exact) mass is 386 g/mol. The van der Waals surface area contributed by atoms with Gasteiger partial charge in [-0.3, -0.25) is 9.88 Å². The maximum atomic E-state index is 5.38. The number of pyridine rings is 3. The first kappa shape index (κ1) is 17.8. The lowest BCUT2D eigenvalue weighted by Gasteiger charge is -2.16. The van der Waals surface area contributed by atoms with Crippen LogP contribution in [0.25, 0.3) is 16.8 Å². The van der Waals surface area contributed by atoms with Gasteiger partial charge in [-0.05, 0) is 37.2 Å². The SMILES string of the molecule is COc1ncccc1CN1CC[C@@H](c2nc3ccc(-c4cccnc4)cn3n2)C1. The number of hydrogen-bond acceptors (Lipinski definition) is 6. The molecule has 0 saturated carbocycles. The molecule has 0 spiro atoms. The first-order chi connectivity index (χ1) is 14.3. The number of ether oxygens (including phenoxy) is 1. The van der Waals surface area contributed by atoms with Crippen molar-refractivity contribution in [2.24, 2.45) is 0 Å². The van der Waals surface area contributed by atoms with E-state index in [1.165, 1.54) is 0 Å². The van der Waals surface area contributed by atoms with E-state index < -0.39 is 0 Å². The quantitative estimate of drug-likeness (QED) is 0.525. The van der Waals surface area contributed by atoms with Crippen molar-refractivity contribution >= 4 is 5.65 Å². The molecular weight excluding hydrogens is 364 g/mol. The minimum Gasteiger partial charge on any atom is -0.481 e. The Morgan fingerprint density at radius 1 is 1.10 bits per heavy atom. The highest BCUT2D eigenvalue weighted by atomic mass is 16.5. The second-order valence-electron chi connectivity index (χ2n) is 7.32. The van der Waals surface area contributed by atoms with Crippen LogP contribution in [-0.4, -0.2) is 49.7 Å². The lowest BCUT2D eigenvalue weighted by molar-refractivity contribution is 0.313. The van der Waals surface area contributed by atoms with E-state index in [0.717, 1.165) is 54.2 Å². The molecular formula is C22H22N6O. The zero-order valence-corrected chi connectivity index (χ0v) is 16.3. The van der Waals surface area contributed by atoms with Crippen molar-refractivity contribution in [1.82, 2.24) is 29.5 Å². The fourth-order valence-electron chi connectivity index (χ4n) is 3.93. The van der Waals surface area contributed by atoms with Crippen molar-refractivity contribution < 1.29 is 4.74 Å². The summed E-state index contributed by atoms with van der Waals surface area (Å²) >= 11 is 0. The molecule has 7 nitrogen and oxygen atoms in total. The Labute approximate surface area is 169 Å². The minimum absolute atomic E-state index is 0.333. The molecule has 0 aromatic carbocycles. The zero-order valence-electron chi connectivity index (χ0n) is 16.3. The maximum absolute atomic E-state index is 5.38. The van der Waals surface area contributed by atoms with Gasteiger partial charge in [0.05, 0.1) is 7.11 Å². The highest BCUT2D eigenvalue weighted by Crippen LogP contribution is 2.28. The van der Waals surface area contributed by atoms with Gasteiger partial charge in [0.15, 0.2) is 11.5 Å². The average molecular weight is 386 g/mol. The summed E-state index contributed by atoms with van der Waals surface area (Å²) in [5, 5.41) is 4.78. The van der Waals surface area contributed by atoms with E-state index in [1.54, 1.807) is 19.5 Å². The third-order valence-electron chi connectivity index (χ3n) is 5.42. The molecule has 146 valence electrons. The third-order valence-corrected chi connectivity index (χ3v) is 5.42. The molecule has 1 atom stereocenters. The number of methoxy groups -OCH3 is 1. The maximum Gasteiger partial charge on any atom is 0.217 e. The highest BCUT2D eigenvalue weighted by Gasteiger charge is 2.27. The van der Waals surface area contributed by atoms with E-state index >= 15 is 0 Å². The number of fused-ring (bicyclic) bond motifs is 1. The molecule has 7 heteroatoms. The minimum atomic E-state index is 0.333. The average Bonchev–Trinajstić information content (AvgIpc) is 3.41. The van der Waals surface area contributed by atoms with Gasteiger partial charge < -0.3 is 4.74 Å². The van der Waals surface area contributed by atoms with Gasteiger partial charge in [0, 0.05) is 60.5 Å². The van der Waals surface area contributed by atoms with Crippen LogP contribution in [0.15, 0.2) is 61.2 Å². The predicted molar refractivity (Wildman–Crippen MR) is 110 cm³/mol. The van der Waals surface area contributed by atoms with Gasteiger partial charge in [0.25, 0.3) is 0 Å². The summed E-state index contributed by atoms with van der Waals surface area (Å²) in [5.74, 6) is 1.94. The molecule has 1 saturated heterocycles. The molecule has 4 aromatic rings. The molecule has 0 N–H and O–H groups in total. The molecule has 0 bridgehead atoms. The topological polar surface area (TPSA) is 68.4 Å². The molecule has 0 radical (unpaired) electrons. The number of likely N-dealkylation sites (tertiary alicyclic amines) is 1. The number of rotatable bonds is 5. The van der Waals surface area contributed by atoms with Gasteiger partial charge in [-0.25, -0.2) is 14.5 Å². The summed E-state index contributed by atoms with van der Waals surface area (Å²) in [6, 6.07) is 12.1. The summed E-state index contributed by atoms with van der Waals surface area (Å²) in [6.45, 7) is 2.77. The van der Waals surface area contributed by atoms with Crippen molar-refractivity contribution in [3.05, 3.63) is 72.6 Å². The van der Waals surface area contributed by atoms with Crippen LogP contribution >= 0.6 is 0 Å². The summed E-state index contributed by atoms with van der Waals surface area (Å²) in [4.78, 5) is 15.7. The van der Waals surface area contributed by atoms with Gasteiger partial charge in [-0.15, -0.1) is 0 Å². The molecule has 0 unspecified atom stereocenters. The van der Waals surface area contributed by atoms with Crippen LogP contribution in [0.2, 0.25) is 0 Å². The Balaban J connectivity index is 1.33. The molecule has 0 amide bonds. The Morgan fingerprint density at radius 3 is 2.90 bits per heavy atom. The van der Waals surface area contributed by atoms with E-state index in [-0.39, 0.29) is 0 Å². The van der Waals surface area contributed by atoms with Crippen LogP contribution in [0.3, 0.4) is 0 Å². The molecule has 5 heterocycles. The molecule has 1 aliphatic rings. The molecule has 5 rings (SSSR count). The van der Waals surface area contributed by atoms with Gasteiger partial charge >= 0.3 is 0 Å². The fourth-order valence-corrected chi connectivity index (χ4v) is 3.93. The lowest BCUT2D eigenvalue weighted by atomic mass is 10.1. The third kappa shape index (κ3) is 3.56. The zero-order chi connectivity index (χ0) is 19.6. The summed E-state index contributed by atoms with van der Waals surface area (Å²) in [7, 11) is 1.67. The smallest absolute Gasteiger partial charge is 0.217 e. The first-order valence-corrected chi connectivity index (χ1v) is 9.77. The lowest BCUT2D eigenvalue weighted by Crippen LogP contribution is -2.20. The fraction of sp³-hybridized carbons (Fsp3) is 0.273. The molecule has 1 fully saturated rings. The van der Waals surface area contributed by atoms with E-state index in [4.69, 9.17) is 14.8 Å². The van der Waals surface area contributed by atoms with Crippen molar-refractivity contribution in [3.8, 4) is 17.0 Å². The van der Waals surface area contributed by atoms with E-state index in [9.17, 15) is 0 Å². The second kappa shape index (κ2) is 7.60. The Bertz CT molecular complexity index is 1130. The van der Waals surface area contributed by atoms with Gasteiger partial charge in [0.2, 0.25) is 5.88 Å². The Hall–Kier alpha value is -3.32. The van der Waals surface area contributed by atoms with Crippen molar-refractivity contribution in [2.75, 3.05) is 20.2 Å². The van der Waals surface area contributed by atoms with Crippen LogP contribution in [0, 0.1) is 0 Å². The molecule has 1 aliphatic heterocycles. The van der Waals surface area contributed by atoms with Crippen LogP contribution in [-0.2, 0) is 6.54 Å². The highest BCUT2D eigenvalue weighted by molar-refractivity contribution is 5.63. The van der Waals surface area contributed by atoms with Gasteiger partial charge in [-0.1, -0.05) is 12.1 Å². The van der Waals surface area contributed by atoms with E-state index in [1.807, 2.05) is 41.2 Å². The molecule has 0 aliphatic carbocycles. The number of nitrogens with zero attached hydrogens (tertiary/aromatic N) is 6. The Morgan fingerprint density at radius 2 is 2.03 bits per heavy atom. The molecule has 29 heavy (non-hydrogen) atoms. The predicted octanol–water partition coefficient (Wildman–Crippen LogP) is 3.18. The first-order valence-electron chi connectivity index (χ1n) is 9.77. The van der Waals surface area contributed by atoms with Gasteiger partial charge in [-0.2, -0.15) is 5.10 Å². The van der Waals surface area contributed by atoms with E-state index in [2.05, 4.69) is 27.0 Å². The van der Waals surface area contributed by atoms with Crippen LogP contribution in [0.1, 0.15) is 23.7 Å². The van der Waals surface area contributed by atoms with Crippen molar-refractivity contribution in [2.45, 2.75) is 18.9 Å². The Kier molecular flexibility index (Phi) is 4.65. The second-order valence-corrected chi connectivity index (χ2v) is 7.32. The van der Waals surface area contributed by atoms with Gasteiger partial charge in [0.1, 0.15) is 0 Å². The normalized spacial score (nSPS) is 17.1. The standard InChI is InChI=1S/C22H22N6O/c1-29-22-19(5-3-10-24-22)14-27-11-8-18(13-27)21-25-20-7-6-17(15-28(20)26-21)16-4-2-9-23-12-16/h2-7,9-10,12,15,18H,8,11,13-14H2,1H3/t18-/m1/s1.